The summed E-state index contributed by atoms with van der Waals surface area (Å²) in [5.41, 5.74) is 1.60. The first-order valence-electron chi connectivity index (χ1n) is 5.91. The number of para-hydroxylation sites is 1. The zero-order valence-corrected chi connectivity index (χ0v) is 10.3. The largest absolute Gasteiger partial charge is 0.396 e. The molecule has 2 rings (SSSR count). The molecule has 1 aromatic carbocycles. The normalized spacial score (nSPS) is 16.3. The molecule has 0 spiro atoms. The minimum Gasteiger partial charge on any atom is -0.396 e. The molecule has 0 saturated carbocycles. The lowest BCUT2D eigenvalue weighted by molar-refractivity contribution is -0.145. The van der Waals surface area contributed by atoms with Gasteiger partial charge in [-0.2, -0.15) is 0 Å². The van der Waals surface area contributed by atoms with Crippen molar-refractivity contribution in [2.45, 2.75) is 6.42 Å². The second-order valence-electron chi connectivity index (χ2n) is 4.29. The maximum atomic E-state index is 12.0. The molecule has 1 N–H and O–H groups in total. The van der Waals surface area contributed by atoms with Crippen molar-refractivity contribution in [3.05, 3.63) is 29.8 Å². The van der Waals surface area contributed by atoms with Crippen molar-refractivity contribution in [1.29, 1.82) is 0 Å². The Kier molecular flexibility index (Phi) is 3.62. The van der Waals surface area contributed by atoms with Crippen LogP contribution in [0, 0.1) is 0 Å². The van der Waals surface area contributed by atoms with Gasteiger partial charge in [-0.25, -0.2) is 0 Å². The highest BCUT2D eigenvalue weighted by Crippen LogP contribution is 2.22. The summed E-state index contributed by atoms with van der Waals surface area (Å²) in [6, 6.07) is 7.35. The van der Waals surface area contributed by atoms with Gasteiger partial charge < -0.3 is 14.9 Å². The van der Waals surface area contributed by atoms with Crippen LogP contribution < -0.4 is 4.90 Å². The quantitative estimate of drug-likeness (QED) is 0.767. The first-order chi connectivity index (χ1) is 8.65. The van der Waals surface area contributed by atoms with Gasteiger partial charge >= 0.3 is 11.8 Å². The van der Waals surface area contributed by atoms with Crippen LogP contribution in [0.1, 0.15) is 5.56 Å². The summed E-state index contributed by atoms with van der Waals surface area (Å²) in [4.78, 5) is 26.5. The van der Waals surface area contributed by atoms with Gasteiger partial charge in [-0.3, -0.25) is 9.59 Å². The van der Waals surface area contributed by atoms with Crippen LogP contribution in [0.5, 0.6) is 0 Å². The number of rotatable bonds is 3. The van der Waals surface area contributed by atoms with Crippen LogP contribution in [0.2, 0.25) is 0 Å². The van der Waals surface area contributed by atoms with Gasteiger partial charge in [-0.1, -0.05) is 18.2 Å². The average molecular weight is 248 g/mol. The number of nitrogens with zero attached hydrogens (tertiary/aromatic N) is 2. The van der Waals surface area contributed by atoms with E-state index in [1.165, 1.54) is 9.80 Å². The van der Waals surface area contributed by atoms with Crippen molar-refractivity contribution in [3.63, 3.8) is 0 Å². The number of hydrogen-bond donors (Lipinski definition) is 1. The van der Waals surface area contributed by atoms with Crippen LogP contribution in [0.4, 0.5) is 5.69 Å². The van der Waals surface area contributed by atoms with Crippen molar-refractivity contribution in [3.8, 4) is 0 Å². The number of amides is 2. The van der Waals surface area contributed by atoms with E-state index in [1.54, 1.807) is 7.05 Å². The van der Waals surface area contributed by atoms with Crippen molar-refractivity contribution < 1.29 is 14.7 Å². The summed E-state index contributed by atoms with van der Waals surface area (Å²) in [5, 5.41) is 9.02. The molecular weight excluding hydrogens is 232 g/mol. The highest BCUT2D eigenvalue weighted by molar-refractivity contribution is 6.41. The van der Waals surface area contributed by atoms with Crippen LogP contribution in [-0.2, 0) is 16.0 Å². The minimum absolute atomic E-state index is 0.0207. The summed E-state index contributed by atoms with van der Waals surface area (Å²) in [6.45, 7) is 1.04. The number of benzene rings is 1. The predicted octanol–water partition coefficient (Wildman–Crippen LogP) is 0.0264. The summed E-state index contributed by atoms with van der Waals surface area (Å²) in [5.74, 6) is -0.991. The van der Waals surface area contributed by atoms with Crippen LogP contribution in [0.25, 0.3) is 0 Å². The molecule has 1 aliphatic heterocycles. The molecule has 5 heteroatoms. The fourth-order valence-electron chi connectivity index (χ4n) is 2.07. The summed E-state index contributed by atoms with van der Waals surface area (Å²) >= 11 is 0. The van der Waals surface area contributed by atoms with E-state index in [0.717, 1.165) is 11.3 Å². The van der Waals surface area contributed by atoms with Crippen LogP contribution >= 0.6 is 0 Å². The van der Waals surface area contributed by atoms with Crippen molar-refractivity contribution in [2.75, 3.05) is 31.6 Å². The summed E-state index contributed by atoms with van der Waals surface area (Å²) in [6.07, 6.45) is 0.476. The zero-order chi connectivity index (χ0) is 13.1. The van der Waals surface area contributed by atoms with Gasteiger partial charge in [0.15, 0.2) is 0 Å². The molecule has 0 aliphatic carbocycles. The predicted molar refractivity (Wildman–Crippen MR) is 67.2 cm³/mol. The molecule has 0 aromatic heterocycles. The first kappa shape index (κ1) is 12.6. The molecule has 0 radical (unpaired) electrons. The van der Waals surface area contributed by atoms with E-state index >= 15 is 0 Å². The smallest absolute Gasteiger partial charge is 0.316 e. The van der Waals surface area contributed by atoms with E-state index in [9.17, 15) is 9.59 Å². The number of piperazine rings is 1. The standard InChI is InChI=1S/C13H16N2O3/c1-14-7-8-15(13(18)12(14)17)11-5-3-2-4-10(11)6-9-16/h2-5,16H,6-9H2,1H3. The van der Waals surface area contributed by atoms with Crippen molar-refractivity contribution >= 4 is 17.5 Å². The van der Waals surface area contributed by atoms with Gasteiger partial charge in [-0.05, 0) is 18.1 Å². The molecule has 1 saturated heterocycles. The molecule has 5 nitrogen and oxygen atoms in total. The molecule has 0 atom stereocenters. The molecule has 1 aliphatic rings. The number of aliphatic hydroxyl groups is 1. The maximum Gasteiger partial charge on any atom is 0.316 e. The molecular formula is C13H16N2O3. The summed E-state index contributed by atoms with van der Waals surface area (Å²) in [7, 11) is 1.62. The number of carbonyl (C=O) groups excluding carboxylic acids is 2. The summed E-state index contributed by atoms with van der Waals surface area (Å²) < 4.78 is 0. The molecule has 1 heterocycles. The molecule has 18 heavy (non-hydrogen) atoms. The van der Waals surface area contributed by atoms with Gasteiger partial charge in [0.05, 0.1) is 0 Å². The Labute approximate surface area is 106 Å². The van der Waals surface area contributed by atoms with E-state index in [1.807, 2.05) is 24.3 Å². The number of aliphatic hydroxyl groups excluding tert-OH is 1. The van der Waals surface area contributed by atoms with Gasteiger partial charge in [0, 0.05) is 32.4 Å². The van der Waals surface area contributed by atoms with Gasteiger partial charge in [0.2, 0.25) is 0 Å². The van der Waals surface area contributed by atoms with Gasteiger partial charge in [-0.15, -0.1) is 0 Å². The lowest BCUT2D eigenvalue weighted by atomic mass is 10.1. The molecule has 1 aromatic rings. The molecule has 1 fully saturated rings. The SMILES string of the molecule is CN1CCN(c2ccccc2CCO)C(=O)C1=O. The van der Waals surface area contributed by atoms with E-state index in [4.69, 9.17) is 5.11 Å². The fraction of sp³-hybridized carbons (Fsp3) is 0.385. The minimum atomic E-state index is -0.505. The average Bonchev–Trinajstić information content (AvgIpc) is 2.38. The first-order valence-corrected chi connectivity index (χ1v) is 5.91. The molecule has 2 amide bonds. The van der Waals surface area contributed by atoms with E-state index in [2.05, 4.69) is 0 Å². The monoisotopic (exact) mass is 248 g/mol. The molecule has 0 bridgehead atoms. The van der Waals surface area contributed by atoms with Crippen molar-refractivity contribution in [1.82, 2.24) is 4.90 Å². The Balaban J connectivity index is 2.31. The Morgan fingerprint density at radius 2 is 1.89 bits per heavy atom. The lowest BCUT2D eigenvalue weighted by Crippen LogP contribution is -2.53. The molecule has 0 unspecified atom stereocenters. The third-order valence-corrected chi connectivity index (χ3v) is 3.10. The van der Waals surface area contributed by atoms with E-state index in [0.29, 0.717) is 19.5 Å². The maximum absolute atomic E-state index is 12.0. The Hall–Kier alpha value is -1.88. The number of likely N-dealkylation sites (N-methyl/N-ethyl adjacent to an activating group) is 1. The highest BCUT2D eigenvalue weighted by atomic mass is 16.3. The van der Waals surface area contributed by atoms with Gasteiger partial charge in [0.1, 0.15) is 0 Å². The van der Waals surface area contributed by atoms with Crippen LogP contribution in [-0.4, -0.2) is 48.6 Å². The topological polar surface area (TPSA) is 60.9 Å². The van der Waals surface area contributed by atoms with Crippen LogP contribution in [0.3, 0.4) is 0 Å². The third kappa shape index (κ3) is 2.22. The highest BCUT2D eigenvalue weighted by Gasteiger charge is 2.31. The second-order valence-corrected chi connectivity index (χ2v) is 4.29. The second kappa shape index (κ2) is 5.18. The Morgan fingerprint density at radius 1 is 1.17 bits per heavy atom. The van der Waals surface area contributed by atoms with Gasteiger partial charge in [0.25, 0.3) is 0 Å². The number of anilines is 1. The fourth-order valence-corrected chi connectivity index (χ4v) is 2.07. The van der Waals surface area contributed by atoms with Crippen molar-refractivity contribution in [2.24, 2.45) is 0 Å². The Bertz CT molecular complexity index is 473. The molecule has 96 valence electrons. The van der Waals surface area contributed by atoms with E-state index in [-0.39, 0.29) is 6.61 Å². The van der Waals surface area contributed by atoms with E-state index < -0.39 is 11.8 Å². The third-order valence-electron chi connectivity index (χ3n) is 3.10. The Morgan fingerprint density at radius 3 is 2.61 bits per heavy atom. The number of carbonyl (C=O) groups is 2. The zero-order valence-electron chi connectivity index (χ0n) is 10.3. The lowest BCUT2D eigenvalue weighted by Gasteiger charge is -2.32. The van der Waals surface area contributed by atoms with Crippen LogP contribution in [0.15, 0.2) is 24.3 Å². The number of hydrogen-bond acceptors (Lipinski definition) is 3.